The molecule has 2 atom stereocenters. The van der Waals surface area contributed by atoms with Crippen molar-refractivity contribution in [1.82, 2.24) is 25.5 Å². The molecule has 1 heterocycles. The number of para-hydroxylation sites is 1. The fourth-order valence-corrected chi connectivity index (χ4v) is 2.43. The number of nitrogens with one attached hydrogen (secondary N) is 1. The first-order chi connectivity index (χ1) is 12.6. The van der Waals surface area contributed by atoms with Crippen LogP contribution in [0, 0.1) is 5.82 Å². The zero-order chi connectivity index (χ0) is 18.4. The van der Waals surface area contributed by atoms with Crippen molar-refractivity contribution in [2.45, 2.75) is 19.1 Å². The maximum absolute atomic E-state index is 13.5. The number of ether oxygens (including phenoxy) is 1. The topological polar surface area (TPSA) is 85.1 Å². The summed E-state index contributed by atoms with van der Waals surface area (Å²) in [7, 11) is 0. The molecule has 0 spiro atoms. The van der Waals surface area contributed by atoms with Crippen molar-refractivity contribution < 1.29 is 14.2 Å². The van der Waals surface area contributed by atoms with Crippen LogP contribution in [0.3, 0.4) is 0 Å². The van der Waals surface area contributed by atoms with E-state index in [4.69, 9.17) is 4.74 Å². The van der Waals surface area contributed by atoms with Crippen molar-refractivity contribution in [1.29, 1.82) is 0 Å². The average Bonchev–Trinajstić information content (AvgIpc) is 3.20. The monoisotopic (exact) mass is 357 g/mol. The molecule has 136 valence electrons. The SMILES string of the molecule is CC(NCC(O)COc1ccccc1F)c1ccc(-n2cnnn2)cc1. The van der Waals surface area contributed by atoms with E-state index in [2.05, 4.69) is 20.8 Å². The average molecular weight is 357 g/mol. The van der Waals surface area contributed by atoms with E-state index in [1.54, 1.807) is 16.8 Å². The summed E-state index contributed by atoms with van der Waals surface area (Å²) < 4.78 is 20.4. The van der Waals surface area contributed by atoms with E-state index in [0.717, 1.165) is 11.3 Å². The van der Waals surface area contributed by atoms with Gasteiger partial charge in [0.1, 0.15) is 19.0 Å². The summed E-state index contributed by atoms with van der Waals surface area (Å²) >= 11 is 0. The maximum atomic E-state index is 13.5. The van der Waals surface area contributed by atoms with Crippen LogP contribution in [0.5, 0.6) is 5.75 Å². The van der Waals surface area contributed by atoms with Crippen molar-refractivity contribution in [2.24, 2.45) is 0 Å². The molecular weight excluding hydrogens is 337 g/mol. The zero-order valence-electron chi connectivity index (χ0n) is 14.3. The molecule has 2 aromatic carbocycles. The second-order valence-electron chi connectivity index (χ2n) is 5.87. The van der Waals surface area contributed by atoms with Gasteiger partial charge in [-0.3, -0.25) is 0 Å². The summed E-state index contributed by atoms with van der Waals surface area (Å²) in [5.41, 5.74) is 1.92. The fourth-order valence-electron chi connectivity index (χ4n) is 2.43. The van der Waals surface area contributed by atoms with E-state index in [0.29, 0.717) is 6.54 Å². The van der Waals surface area contributed by atoms with Gasteiger partial charge in [0, 0.05) is 12.6 Å². The molecule has 0 aliphatic carbocycles. The molecule has 2 unspecified atom stereocenters. The van der Waals surface area contributed by atoms with Crippen LogP contribution in [-0.4, -0.2) is 44.6 Å². The largest absolute Gasteiger partial charge is 0.488 e. The highest BCUT2D eigenvalue weighted by atomic mass is 19.1. The third-order valence-corrected chi connectivity index (χ3v) is 3.93. The van der Waals surface area contributed by atoms with E-state index in [1.165, 1.54) is 18.5 Å². The number of benzene rings is 2. The van der Waals surface area contributed by atoms with E-state index in [9.17, 15) is 9.50 Å². The predicted octanol–water partition coefficient (Wildman–Crippen LogP) is 1.89. The van der Waals surface area contributed by atoms with Crippen LogP contribution >= 0.6 is 0 Å². The van der Waals surface area contributed by atoms with E-state index >= 15 is 0 Å². The van der Waals surface area contributed by atoms with Crippen molar-refractivity contribution >= 4 is 0 Å². The number of hydrogen-bond donors (Lipinski definition) is 2. The van der Waals surface area contributed by atoms with Gasteiger partial charge in [-0.25, -0.2) is 9.07 Å². The fraction of sp³-hybridized carbons (Fsp3) is 0.278. The standard InChI is InChI=1S/C18H20FN5O2/c1-13(14-6-8-15(9-7-14)24-12-21-22-23-24)20-10-16(25)11-26-18-5-3-2-4-17(18)19/h2-9,12-13,16,20,25H,10-11H2,1H3. The molecule has 0 aliphatic heterocycles. The zero-order valence-corrected chi connectivity index (χ0v) is 14.3. The molecule has 8 heteroatoms. The molecule has 0 radical (unpaired) electrons. The quantitative estimate of drug-likeness (QED) is 0.640. The summed E-state index contributed by atoms with van der Waals surface area (Å²) in [5, 5.41) is 24.3. The first-order valence-corrected chi connectivity index (χ1v) is 8.25. The van der Waals surface area contributed by atoms with Gasteiger partial charge < -0.3 is 15.2 Å². The Morgan fingerprint density at radius 3 is 2.65 bits per heavy atom. The van der Waals surface area contributed by atoms with Crippen LogP contribution in [0.4, 0.5) is 4.39 Å². The molecule has 1 aromatic heterocycles. The van der Waals surface area contributed by atoms with Crippen molar-refractivity contribution in [3.8, 4) is 11.4 Å². The van der Waals surface area contributed by atoms with Gasteiger partial charge in [0.15, 0.2) is 11.6 Å². The van der Waals surface area contributed by atoms with Crippen molar-refractivity contribution in [3.63, 3.8) is 0 Å². The summed E-state index contributed by atoms with van der Waals surface area (Å²) in [6, 6.07) is 13.9. The van der Waals surface area contributed by atoms with Gasteiger partial charge in [0.25, 0.3) is 0 Å². The summed E-state index contributed by atoms with van der Waals surface area (Å²) in [6.45, 7) is 2.33. The van der Waals surface area contributed by atoms with Crippen LogP contribution < -0.4 is 10.1 Å². The van der Waals surface area contributed by atoms with Crippen LogP contribution in [0.25, 0.3) is 5.69 Å². The molecule has 7 nitrogen and oxygen atoms in total. The van der Waals surface area contributed by atoms with Crippen LogP contribution in [0.15, 0.2) is 54.9 Å². The van der Waals surface area contributed by atoms with Crippen LogP contribution in [0.1, 0.15) is 18.5 Å². The van der Waals surface area contributed by atoms with E-state index < -0.39 is 11.9 Å². The molecule has 0 amide bonds. The second-order valence-corrected chi connectivity index (χ2v) is 5.87. The Morgan fingerprint density at radius 2 is 1.96 bits per heavy atom. The Labute approximate surface area is 150 Å². The Balaban J connectivity index is 1.47. The number of halogens is 1. The lowest BCUT2D eigenvalue weighted by Gasteiger charge is -2.18. The van der Waals surface area contributed by atoms with Gasteiger partial charge in [0.2, 0.25) is 0 Å². The highest BCUT2D eigenvalue weighted by Crippen LogP contribution is 2.16. The third kappa shape index (κ3) is 4.62. The normalized spacial score (nSPS) is 13.3. The number of rotatable bonds is 8. The third-order valence-electron chi connectivity index (χ3n) is 3.93. The highest BCUT2D eigenvalue weighted by Gasteiger charge is 2.11. The Kier molecular flexibility index (Phi) is 5.88. The molecule has 0 bridgehead atoms. The summed E-state index contributed by atoms with van der Waals surface area (Å²) in [4.78, 5) is 0. The molecule has 0 aliphatic rings. The number of aliphatic hydroxyl groups is 1. The molecule has 0 saturated heterocycles. The maximum Gasteiger partial charge on any atom is 0.165 e. The van der Waals surface area contributed by atoms with Crippen LogP contribution in [-0.2, 0) is 0 Å². The Hall–Kier alpha value is -2.84. The van der Waals surface area contributed by atoms with Gasteiger partial charge in [-0.1, -0.05) is 24.3 Å². The lowest BCUT2D eigenvalue weighted by molar-refractivity contribution is 0.102. The van der Waals surface area contributed by atoms with Gasteiger partial charge in [-0.2, -0.15) is 0 Å². The molecule has 26 heavy (non-hydrogen) atoms. The van der Waals surface area contributed by atoms with Crippen molar-refractivity contribution in [3.05, 3.63) is 66.2 Å². The minimum Gasteiger partial charge on any atom is -0.488 e. The van der Waals surface area contributed by atoms with Gasteiger partial charge in [-0.15, -0.1) is 5.10 Å². The number of tetrazole rings is 1. The molecule has 0 fully saturated rings. The molecular formula is C18H20FN5O2. The lowest BCUT2D eigenvalue weighted by atomic mass is 10.1. The minimum atomic E-state index is -0.752. The van der Waals surface area contributed by atoms with Gasteiger partial charge in [-0.05, 0) is 47.2 Å². The van der Waals surface area contributed by atoms with Gasteiger partial charge in [0.05, 0.1) is 5.69 Å². The number of nitrogens with zero attached hydrogens (tertiary/aromatic N) is 4. The molecule has 3 aromatic rings. The molecule has 3 rings (SSSR count). The lowest BCUT2D eigenvalue weighted by Crippen LogP contribution is -2.33. The van der Waals surface area contributed by atoms with Gasteiger partial charge >= 0.3 is 0 Å². The highest BCUT2D eigenvalue weighted by molar-refractivity contribution is 5.34. The van der Waals surface area contributed by atoms with Crippen molar-refractivity contribution in [2.75, 3.05) is 13.2 Å². The smallest absolute Gasteiger partial charge is 0.165 e. The number of hydrogen-bond acceptors (Lipinski definition) is 6. The Bertz CT molecular complexity index is 811. The molecule has 0 saturated carbocycles. The first-order valence-electron chi connectivity index (χ1n) is 8.25. The minimum absolute atomic E-state index is 0.0128. The Morgan fingerprint density at radius 1 is 1.19 bits per heavy atom. The summed E-state index contributed by atoms with van der Waals surface area (Å²) in [6.07, 6.45) is 0.778. The predicted molar refractivity (Wildman–Crippen MR) is 93.5 cm³/mol. The molecule has 2 N–H and O–H groups in total. The number of aliphatic hydroxyl groups excluding tert-OH is 1. The van der Waals surface area contributed by atoms with E-state index in [-0.39, 0.29) is 18.4 Å². The summed E-state index contributed by atoms with van der Waals surface area (Å²) in [5.74, 6) is -0.304. The first kappa shape index (κ1) is 18.0. The second kappa shape index (κ2) is 8.50. The number of aromatic nitrogens is 4. The van der Waals surface area contributed by atoms with Crippen LogP contribution in [0.2, 0.25) is 0 Å². The van der Waals surface area contributed by atoms with E-state index in [1.807, 2.05) is 31.2 Å².